The van der Waals surface area contributed by atoms with Gasteiger partial charge in [-0.15, -0.1) is 0 Å². The molecule has 3 nitrogen and oxygen atoms in total. The predicted octanol–water partition coefficient (Wildman–Crippen LogP) is 3.72. The highest BCUT2D eigenvalue weighted by Gasteiger charge is 2.06. The number of unbranched alkanes of at least 4 members (excludes halogenated alkanes) is 1. The van der Waals surface area contributed by atoms with Crippen LogP contribution in [0.15, 0.2) is 24.3 Å². The molecule has 19 heavy (non-hydrogen) atoms. The summed E-state index contributed by atoms with van der Waals surface area (Å²) in [6.07, 6.45) is 5.17. The normalized spacial score (nSPS) is 10.9. The average Bonchev–Trinajstić information content (AvgIpc) is 2.39. The number of carboxylic acids is 1. The fourth-order valence-electron chi connectivity index (χ4n) is 2.10. The molecule has 0 heterocycles. The van der Waals surface area contributed by atoms with E-state index in [9.17, 15) is 4.79 Å². The number of aliphatic carboxylic acids is 1. The number of nitrogens with zero attached hydrogens (tertiary/aromatic N) is 1. The summed E-state index contributed by atoms with van der Waals surface area (Å²) in [4.78, 5) is 12.9. The standard InChI is InChI=1S/C16H23NO2/c1-4-6-11-17(5-2)15-9-7-14(12-13(15)3)8-10-16(18)19/h7-10,12H,4-6,11H2,1-3H3,(H,18,19). The fourth-order valence-corrected chi connectivity index (χ4v) is 2.10. The maximum Gasteiger partial charge on any atom is 0.328 e. The molecule has 0 radical (unpaired) electrons. The van der Waals surface area contributed by atoms with Crippen molar-refractivity contribution in [3.05, 3.63) is 35.4 Å². The van der Waals surface area contributed by atoms with Gasteiger partial charge in [-0.3, -0.25) is 0 Å². The SMILES string of the molecule is CCCCN(CC)c1ccc(C=CC(=O)O)cc1C. The minimum absolute atomic E-state index is 0.917. The maximum absolute atomic E-state index is 10.5. The second-order valence-electron chi connectivity index (χ2n) is 4.65. The minimum Gasteiger partial charge on any atom is -0.478 e. The molecule has 0 bridgehead atoms. The highest BCUT2D eigenvalue weighted by atomic mass is 16.4. The molecule has 0 saturated heterocycles. The van der Waals surface area contributed by atoms with Gasteiger partial charge in [0.15, 0.2) is 0 Å². The van der Waals surface area contributed by atoms with Gasteiger partial charge in [0.05, 0.1) is 0 Å². The van der Waals surface area contributed by atoms with E-state index in [-0.39, 0.29) is 0 Å². The summed E-state index contributed by atoms with van der Waals surface area (Å²) in [7, 11) is 0. The van der Waals surface area contributed by atoms with E-state index in [1.54, 1.807) is 6.08 Å². The van der Waals surface area contributed by atoms with Crippen molar-refractivity contribution in [2.24, 2.45) is 0 Å². The van der Waals surface area contributed by atoms with Crippen molar-refractivity contribution in [1.82, 2.24) is 0 Å². The second-order valence-corrected chi connectivity index (χ2v) is 4.65. The molecule has 0 aromatic heterocycles. The van der Waals surface area contributed by atoms with Gasteiger partial charge >= 0.3 is 5.97 Å². The van der Waals surface area contributed by atoms with E-state index in [1.807, 2.05) is 12.1 Å². The van der Waals surface area contributed by atoms with Crippen LogP contribution in [0.5, 0.6) is 0 Å². The number of benzene rings is 1. The van der Waals surface area contributed by atoms with Gasteiger partial charge in [0.1, 0.15) is 0 Å². The van der Waals surface area contributed by atoms with Crippen LogP contribution >= 0.6 is 0 Å². The summed E-state index contributed by atoms with van der Waals surface area (Å²) in [6, 6.07) is 6.08. The summed E-state index contributed by atoms with van der Waals surface area (Å²) in [5.41, 5.74) is 3.35. The first-order valence-electron chi connectivity index (χ1n) is 6.85. The van der Waals surface area contributed by atoms with Crippen LogP contribution in [0.4, 0.5) is 5.69 Å². The van der Waals surface area contributed by atoms with E-state index in [4.69, 9.17) is 5.11 Å². The van der Waals surface area contributed by atoms with E-state index in [0.29, 0.717) is 0 Å². The van der Waals surface area contributed by atoms with Gasteiger partial charge < -0.3 is 10.0 Å². The van der Waals surface area contributed by atoms with Crippen molar-refractivity contribution in [2.75, 3.05) is 18.0 Å². The molecule has 1 rings (SSSR count). The first-order chi connectivity index (χ1) is 9.08. The summed E-state index contributed by atoms with van der Waals surface area (Å²) >= 11 is 0. The number of carbonyl (C=O) groups is 1. The molecule has 0 aliphatic heterocycles. The Kier molecular flexibility index (Phi) is 6.13. The van der Waals surface area contributed by atoms with E-state index >= 15 is 0 Å². The smallest absolute Gasteiger partial charge is 0.328 e. The molecule has 3 heteroatoms. The van der Waals surface area contributed by atoms with Gasteiger partial charge in [-0.2, -0.15) is 0 Å². The molecule has 0 saturated carbocycles. The van der Waals surface area contributed by atoms with Crippen LogP contribution in [0, 0.1) is 6.92 Å². The van der Waals surface area contributed by atoms with Crippen LogP contribution in [0.25, 0.3) is 6.08 Å². The predicted molar refractivity (Wildman–Crippen MR) is 80.6 cm³/mol. The number of carboxylic acid groups (broad SMARTS) is 1. The monoisotopic (exact) mass is 261 g/mol. The Morgan fingerprint density at radius 3 is 2.63 bits per heavy atom. The molecule has 0 aliphatic carbocycles. The van der Waals surface area contributed by atoms with Gasteiger partial charge in [-0.05, 0) is 49.6 Å². The first-order valence-corrected chi connectivity index (χ1v) is 6.85. The molecule has 0 unspecified atom stereocenters. The summed E-state index contributed by atoms with van der Waals surface area (Å²) < 4.78 is 0. The van der Waals surface area contributed by atoms with Crippen LogP contribution in [0.2, 0.25) is 0 Å². The van der Waals surface area contributed by atoms with E-state index in [0.717, 1.165) is 18.7 Å². The molecule has 1 aromatic carbocycles. The van der Waals surface area contributed by atoms with Crippen molar-refractivity contribution in [2.45, 2.75) is 33.6 Å². The topological polar surface area (TPSA) is 40.5 Å². The number of aryl methyl sites for hydroxylation is 1. The minimum atomic E-state index is -0.917. The average molecular weight is 261 g/mol. The second kappa shape index (κ2) is 7.62. The summed E-state index contributed by atoms with van der Waals surface area (Å²) in [5.74, 6) is -0.917. The largest absolute Gasteiger partial charge is 0.478 e. The Morgan fingerprint density at radius 1 is 1.37 bits per heavy atom. The Hall–Kier alpha value is -1.77. The number of hydrogen-bond donors (Lipinski definition) is 1. The van der Waals surface area contributed by atoms with Crippen molar-refractivity contribution >= 4 is 17.7 Å². The van der Waals surface area contributed by atoms with Gasteiger partial charge in [0.25, 0.3) is 0 Å². The number of rotatable bonds is 7. The molecule has 0 spiro atoms. The molecule has 1 aromatic rings. The van der Waals surface area contributed by atoms with Crippen LogP contribution in [-0.4, -0.2) is 24.2 Å². The molecule has 0 fully saturated rings. The molecule has 1 N–H and O–H groups in total. The third-order valence-corrected chi connectivity index (χ3v) is 3.14. The van der Waals surface area contributed by atoms with Gasteiger partial charge in [0, 0.05) is 24.9 Å². The lowest BCUT2D eigenvalue weighted by Gasteiger charge is -2.25. The summed E-state index contributed by atoms with van der Waals surface area (Å²) in [5, 5.41) is 8.63. The quantitative estimate of drug-likeness (QED) is 0.760. The lowest BCUT2D eigenvalue weighted by atomic mass is 10.1. The highest BCUT2D eigenvalue weighted by Crippen LogP contribution is 2.22. The van der Waals surface area contributed by atoms with Crippen molar-refractivity contribution in [3.63, 3.8) is 0 Å². The van der Waals surface area contributed by atoms with Crippen LogP contribution in [0.3, 0.4) is 0 Å². The Morgan fingerprint density at radius 2 is 2.11 bits per heavy atom. The lowest BCUT2D eigenvalue weighted by Crippen LogP contribution is -2.24. The summed E-state index contributed by atoms with van der Waals surface area (Å²) in [6.45, 7) is 8.49. The maximum atomic E-state index is 10.5. The zero-order valence-electron chi connectivity index (χ0n) is 12.0. The Balaban J connectivity index is 2.89. The molecule has 0 amide bonds. The van der Waals surface area contributed by atoms with Crippen molar-refractivity contribution in [3.8, 4) is 0 Å². The molecular formula is C16H23NO2. The molecular weight excluding hydrogens is 238 g/mol. The van der Waals surface area contributed by atoms with Gasteiger partial charge in [-0.25, -0.2) is 4.79 Å². The third-order valence-electron chi connectivity index (χ3n) is 3.14. The van der Waals surface area contributed by atoms with Crippen LogP contribution in [-0.2, 0) is 4.79 Å². The zero-order valence-corrected chi connectivity index (χ0v) is 12.0. The Bertz CT molecular complexity index is 452. The van der Waals surface area contributed by atoms with E-state index < -0.39 is 5.97 Å². The first kappa shape index (κ1) is 15.3. The highest BCUT2D eigenvalue weighted by molar-refractivity contribution is 5.85. The fraction of sp³-hybridized carbons (Fsp3) is 0.438. The Labute approximate surface area is 115 Å². The number of hydrogen-bond acceptors (Lipinski definition) is 2. The lowest BCUT2D eigenvalue weighted by molar-refractivity contribution is -0.131. The van der Waals surface area contributed by atoms with Crippen LogP contribution in [0.1, 0.15) is 37.8 Å². The van der Waals surface area contributed by atoms with Gasteiger partial charge in [0.2, 0.25) is 0 Å². The zero-order chi connectivity index (χ0) is 14.3. The van der Waals surface area contributed by atoms with Crippen molar-refractivity contribution < 1.29 is 9.90 Å². The molecule has 0 atom stereocenters. The van der Waals surface area contributed by atoms with E-state index in [2.05, 4.69) is 31.7 Å². The molecule has 104 valence electrons. The molecule has 0 aliphatic rings. The number of anilines is 1. The van der Waals surface area contributed by atoms with Crippen LogP contribution < -0.4 is 4.90 Å². The third kappa shape index (κ3) is 4.78. The van der Waals surface area contributed by atoms with E-state index in [1.165, 1.54) is 30.2 Å². The van der Waals surface area contributed by atoms with Gasteiger partial charge in [-0.1, -0.05) is 19.4 Å². The van der Waals surface area contributed by atoms with Crippen molar-refractivity contribution in [1.29, 1.82) is 0 Å².